The first-order chi connectivity index (χ1) is 10.0. The number of halogens is 1. The summed E-state index contributed by atoms with van der Waals surface area (Å²) < 4.78 is 7.25. The zero-order valence-electron chi connectivity index (χ0n) is 13.4. The van der Waals surface area contributed by atoms with E-state index in [1.165, 1.54) is 46.2 Å². The third-order valence-corrected chi connectivity index (χ3v) is 5.52. The molecule has 3 heteroatoms. The number of rotatable bonds is 3. The molecule has 0 fully saturated rings. The average Bonchev–Trinajstić information content (AvgIpc) is 2.83. The van der Waals surface area contributed by atoms with Crippen molar-refractivity contribution in [2.45, 2.75) is 58.9 Å². The summed E-state index contributed by atoms with van der Waals surface area (Å²) in [6.45, 7) is 8.94. The van der Waals surface area contributed by atoms with Crippen LogP contribution in [-0.4, -0.2) is 13.2 Å². The van der Waals surface area contributed by atoms with Gasteiger partial charge in [0, 0.05) is 22.5 Å². The van der Waals surface area contributed by atoms with E-state index in [0.717, 1.165) is 26.0 Å². The molecule has 1 aliphatic heterocycles. The molecule has 2 nitrogen and oxygen atoms in total. The zero-order chi connectivity index (χ0) is 15.0. The van der Waals surface area contributed by atoms with Crippen molar-refractivity contribution in [3.8, 4) is 5.75 Å². The molecule has 1 aromatic carbocycles. The van der Waals surface area contributed by atoms with E-state index >= 15 is 0 Å². The standard InChI is InChI=1S/C18H26BrNO/c1-4-8-20-15-11-18(2,3)7-5-13-16(15)14(19)10-12-6-9-21-17(12)13/h10,15,20H,4-9,11H2,1-3H3. The molecule has 1 aromatic rings. The largest absolute Gasteiger partial charge is 0.493 e. The first-order valence-corrected chi connectivity index (χ1v) is 9.01. The minimum absolute atomic E-state index is 0.370. The Morgan fingerprint density at radius 1 is 1.38 bits per heavy atom. The maximum absolute atomic E-state index is 5.98. The van der Waals surface area contributed by atoms with Gasteiger partial charge in [-0.3, -0.25) is 0 Å². The lowest BCUT2D eigenvalue weighted by Crippen LogP contribution is -2.26. The normalized spacial score (nSPS) is 23.1. The Morgan fingerprint density at radius 3 is 2.95 bits per heavy atom. The second-order valence-electron chi connectivity index (χ2n) is 7.21. The van der Waals surface area contributed by atoms with Crippen molar-refractivity contribution in [3.63, 3.8) is 0 Å². The van der Waals surface area contributed by atoms with Crippen molar-refractivity contribution >= 4 is 15.9 Å². The summed E-state index contributed by atoms with van der Waals surface area (Å²) in [6.07, 6.45) is 5.78. The van der Waals surface area contributed by atoms with E-state index in [1.54, 1.807) is 0 Å². The summed E-state index contributed by atoms with van der Waals surface area (Å²) in [4.78, 5) is 0. The van der Waals surface area contributed by atoms with E-state index in [-0.39, 0.29) is 0 Å². The lowest BCUT2D eigenvalue weighted by molar-refractivity contribution is 0.273. The van der Waals surface area contributed by atoms with E-state index in [4.69, 9.17) is 4.74 Å². The Bertz CT molecular complexity index is 539. The molecular formula is C18H26BrNO. The van der Waals surface area contributed by atoms with Gasteiger partial charge in [0.05, 0.1) is 6.61 Å². The third-order valence-electron chi connectivity index (χ3n) is 4.86. The Kier molecular flexibility index (Phi) is 4.33. The van der Waals surface area contributed by atoms with Crippen molar-refractivity contribution in [1.29, 1.82) is 0 Å². The summed E-state index contributed by atoms with van der Waals surface area (Å²) in [5.41, 5.74) is 4.66. The van der Waals surface area contributed by atoms with Crippen molar-refractivity contribution in [2.75, 3.05) is 13.2 Å². The van der Waals surface area contributed by atoms with Gasteiger partial charge in [0.2, 0.25) is 0 Å². The highest BCUT2D eigenvalue weighted by Crippen LogP contribution is 2.47. The molecule has 1 heterocycles. The molecule has 116 valence electrons. The van der Waals surface area contributed by atoms with Crippen LogP contribution in [0, 0.1) is 5.41 Å². The number of fused-ring (bicyclic) bond motifs is 3. The summed E-state index contributed by atoms with van der Waals surface area (Å²) in [5.74, 6) is 1.19. The number of benzene rings is 1. The number of nitrogens with one attached hydrogen (secondary N) is 1. The second-order valence-corrected chi connectivity index (χ2v) is 8.07. The summed E-state index contributed by atoms with van der Waals surface area (Å²) in [7, 11) is 0. The zero-order valence-corrected chi connectivity index (χ0v) is 15.0. The molecule has 1 N–H and O–H groups in total. The van der Waals surface area contributed by atoms with Crippen LogP contribution < -0.4 is 10.1 Å². The molecule has 0 saturated heterocycles. The van der Waals surface area contributed by atoms with Crippen LogP contribution in [0.25, 0.3) is 0 Å². The molecule has 0 saturated carbocycles. The second kappa shape index (κ2) is 5.92. The highest BCUT2D eigenvalue weighted by molar-refractivity contribution is 9.10. The molecular weight excluding hydrogens is 326 g/mol. The van der Waals surface area contributed by atoms with Crippen LogP contribution in [0.5, 0.6) is 5.75 Å². The van der Waals surface area contributed by atoms with Gasteiger partial charge in [-0.1, -0.05) is 36.7 Å². The molecule has 1 unspecified atom stereocenters. The van der Waals surface area contributed by atoms with E-state index in [0.29, 0.717) is 11.5 Å². The molecule has 21 heavy (non-hydrogen) atoms. The minimum Gasteiger partial charge on any atom is -0.493 e. The Morgan fingerprint density at radius 2 is 2.19 bits per heavy atom. The first-order valence-electron chi connectivity index (χ1n) is 8.22. The highest BCUT2D eigenvalue weighted by Gasteiger charge is 2.34. The van der Waals surface area contributed by atoms with Crippen LogP contribution in [0.2, 0.25) is 0 Å². The van der Waals surface area contributed by atoms with E-state index in [2.05, 4.69) is 48.1 Å². The fraction of sp³-hybridized carbons (Fsp3) is 0.667. The van der Waals surface area contributed by atoms with Crippen molar-refractivity contribution in [2.24, 2.45) is 5.41 Å². The maximum atomic E-state index is 5.98. The molecule has 0 bridgehead atoms. The number of hydrogen-bond acceptors (Lipinski definition) is 2. The van der Waals surface area contributed by atoms with Gasteiger partial charge in [-0.15, -0.1) is 0 Å². The Balaban J connectivity index is 2.07. The quantitative estimate of drug-likeness (QED) is 0.790. The molecule has 0 radical (unpaired) electrons. The van der Waals surface area contributed by atoms with Gasteiger partial charge in [-0.25, -0.2) is 0 Å². The van der Waals surface area contributed by atoms with Gasteiger partial charge in [0.25, 0.3) is 0 Å². The fourth-order valence-electron chi connectivity index (χ4n) is 3.72. The van der Waals surface area contributed by atoms with Crippen LogP contribution in [0.1, 0.15) is 62.8 Å². The van der Waals surface area contributed by atoms with Gasteiger partial charge in [0.1, 0.15) is 5.75 Å². The third kappa shape index (κ3) is 3.00. The maximum Gasteiger partial charge on any atom is 0.126 e. The molecule has 0 aromatic heterocycles. The summed E-state index contributed by atoms with van der Waals surface area (Å²) in [5, 5.41) is 3.77. The number of ether oxygens (including phenoxy) is 1. The molecule has 1 aliphatic carbocycles. The predicted molar refractivity (Wildman–Crippen MR) is 91.1 cm³/mol. The lowest BCUT2D eigenvalue weighted by atomic mass is 9.83. The van der Waals surface area contributed by atoms with Crippen LogP contribution in [0.3, 0.4) is 0 Å². The smallest absolute Gasteiger partial charge is 0.126 e. The van der Waals surface area contributed by atoms with Gasteiger partial charge in [-0.05, 0) is 54.8 Å². The van der Waals surface area contributed by atoms with Gasteiger partial charge >= 0.3 is 0 Å². The first kappa shape index (κ1) is 15.4. The molecule has 3 rings (SSSR count). The lowest BCUT2D eigenvalue weighted by Gasteiger charge is -2.28. The molecule has 0 amide bonds. The van der Waals surface area contributed by atoms with Crippen LogP contribution in [-0.2, 0) is 12.8 Å². The topological polar surface area (TPSA) is 21.3 Å². The highest BCUT2D eigenvalue weighted by atomic mass is 79.9. The van der Waals surface area contributed by atoms with Crippen LogP contribution >= 0.6 is 15.9 Å². The van der Waals surface area contributed by atoms with Crippen LogP contribution in [0.4, 0.5) is 0 Å². The van der Waals surface area contributed by atoms with Crippen LogP contribution in [0.15, 0.2) is 10.5 Å². The van der Waals surface area contributed by atoms with Gasteiger partial charge in [0.15, 0.2) is 0 Å². The van der Waals surface area contributed by atoms with Crippen molar-refractivity contribution < 1.29 is 4.74 Å². The Hall–Kier alpha value is -0.540. The van der Waals surface area contributed by atoms with E-state index < -0.39 is 0 Å². The fourth-order valence-corrected chi connectivity index (χ4v) is 4.51. The van der Waals surface area contributed by atoms with Crippen molar-refractivity contribution in [1.82, 2.24) is 5.32 Å². The minimum atomic E-state index is 0.370. The molecule has 1 atom stereocenters. The van der Waals surface area contributed by atoms with E-state index in [9.17, 15) is 0 Å². The SMILES string of the molecule is CCCNC1CC(C)(C)CCc2c3c(cc(Br)c21)CCO3. The predicted octanol–water partition coefficient (Wildman–Crippen LogP) is 4.79. The van der Waals surface area contributed by atoms with E-state index in [1.807, 2.05) is 0 Å². The summed E-state index contributed by atoms with van der Waals surface area (Å²) >= 11 is 3.84. The van der Waals surface area contributed by atoms with Gasteiger partial charge in [-0.2, -0.15) is 0 Å². The van der Waals surface area contributed by atoms with Gasteiger partial charge < -0.3 is 10.1 Å². The number of hydrogen-bond donors (Lipinski definition) is 1. The molecule has 2 aliphatic rings. The monoisotopic (exact) mass is 351 g/mol. The molecule has 0 spiro atoms. The average molecular weight is 352 g/mol. The van der Waals surface area contributed by atoms with Crippen molar-refractivity contribution in [3.05, 3.63) is 27.2 Å². The summed E-state index contributed by atoms with van der Waals surface area (Å²) in [6, 6.07) is 2.72. The Labute approximate surface area is 136 Å².